The van der Waals surface area contributed by atoms with Crippen molar-refractivity contribution in [3.05, 3.63) is 0 Å². The van der Waals surface area contributed by atoms with E-state index in [0.29, 0.717) is 43.5 Å². The molecule has 64 heavy (non-hydrogen) atoms. The van der Waals surface area contributed by atoms with E-state index in [0.717, 1.165) is 38.5 Å². The molecule has 4 saturated carbocycles. The fourth-order valence-electron chi connectivity index (χ4n) is 14.4. The molecule has 19 nitrogen and oxygen atoms in total. The molecule has 0 unspecified atom stereocenters. The van der Waals surface area contributed by atoms with E-state index in [4.69, 9.17) is 37.9 Å². The van der Waals surface area contributed by atoms with Crippen molar-refractivity contribution in [3.63, 3.8) is 0 Å². The average molecular weight is 917 g/mol. The number of ketones is 1. The first kappa shape index (κ1) is 48.0. The van der Waals surface area contributed by atoms with Gasteiger partial charge in [0, 0.05) is 30.1 Å². The molecule has 366 valence electrons. The number of fused-ring (bicyclic) bond motifs is 7. The molecule has 0 radical (unpaired) electrons. The SMILES string of the molecule is C[C@@H]1CC[C@]2(OC1)O[C@H]1C[C@@H]3[C@H]4CC[C@@H]5C[C@H](O[C@H]6O[C@@H](CO)[C@H](O[C@H]7O[C@@H](CO)[C@H](O)[C@@H](O)[C@@H]7O[C@H]7O[C@@H](CO)[C@H](O)[C@@H](O)[C@@H]7O)[C@@H](O)[C@@H]6O)CC[C@]5(C)[C@H]4CC(=O)[C@]3(C)[C@H]1[C@@H]2C. The highest BCUT2D eigenvalue weighted by atomic mass is 16.8. The first-order chi connectivity index (χ1) is 30.4. The van der Waals surface area contributed by atoms with Crippen LogP contribution in [0.3, 0.4) is 0 Å². The third kappa shape index (κ3) is 7.67. The van der Waals surface area contributed by atoms with Crippen molar-refractivity contribution in [1.82, 2.24) is 0 Å². The maximum Gasteiger partial charge on any atom is 0.187 e. The number of aliphatic hydroxyl groups is 10. The predicted octanol–water partition coefficient (Wildman–Crippen LogP) is -1.55. The highest BCUT2D eigenvalue weighted by Gasteiger charge is 2.72. The second-order valence-corrected chi connectivity index (χ2v) is 21.4. The summed E-state index contributed by atoms with van der Waals surface area (Å²) >= 11 is 0. The van der Waals surface area contributed by atoms with Gasteiger partial charge in [0.25, 0.3) is 0 Å². The van der Waals surface area contributed by atoms with E-state index in [-0.39, 0.29) is 47.2 Å². The summed E-state index contributed by atoms with van der Waals surface area (Å²) in [5, 5.41) is 106. The summed E-state index contributed by atoms with van der Waals surface area (Å²) in [6.07, 6.45) is -17.9. The minimum Gasteiger partial charge on any atom is -0.394 e. The third-order valence-corrected chi connectivity index (χ3v) is 18.2. The van der Waals surface area contributed by atoms with Gasteiger partial charge in [-0.15, -0.1) is 0 Å². The van der Waals surface area contributed by atoms with E-state index in [1.807, 2.05) is 0 Å². The first-order valence-corrected chi connectivity index (χ1v) is 23.8. The van der Waals surface area contributed by atoms with Gasteiger partial charge in [0.1, 0.15) is 79.0 Å². The minimum absolute atomic E-state index is 0.0132. The molecule has 0 aromatic carbocycles. The highest BCUT2D eigenvalue weighted by Crippen LogP contribution is 2.70. The molecule has 10 N–H and O–H groups in total. The summed E-state index contributed by atoms with van der Waals surface area (Å²) in [6.45, 7) is 7.40. The van der Waals surface area contributed by atoms with Gasteiger partial charge < -0.3 is 89.0 Å². The summed E-state index contributed by atoms with van der Waals surface area (Å²) < 4.78 is 48.7. The first-order valence-electron chi connectivity index (χ1n) is 23.8. The number of Topliss-reactive ketones (excluding diaryl/α,β-unsaturated/α-hetero) is 1. The van der Waals surface area contributed by atoms with E-state index in [1.54, 1.807) is 0 Å². The molecule has 9 fully saturated rings. The Bertz CT molecular complexity index is 1650. The third-order valence-electron chi connectivity index (χ3n) is 18.2. The van der Waals surface area contributed by atoms with Crippen molar-refractivity contribution in [2.45, 2.75) is 196 Å². The van der Waals surface area contributed by atoms with Crippen molar-refractivity contribution in [1.29, 1.82) is 0 Å². The van der Waals surface area contributed by atoms with Gasteiger partial charge in [-0.2, -0.15) is 0 Å². The van der Waals surface area contributed by atoms with Gasteiger partial charge in [0.05, 0.1) is 38.6 Å². The number of hydrogen-bond acceptors (Lipinski definition) is 19. The minimum atomic E-state index is -1.90. The number of ether oxygens (including phenoxy) is 8. The molecule has 5 heterocycles. The molecule has 0 bridgehead atoms. The van der Waals surface area contributed by atoms with Crippen LogP contribution in [0.5, 0.6) is 0 Å². The number of aliphatic hydroxyl groups excluding tert-OH is 10. The van der Waals surface area contributed by atoms with E-state index >= 15 is 0 Å². The van der Waals surface area contributed by atoms with Gasteiger partial charge in [-0.25, -0.2) is 0 Å². The molecule has 5 saturated heterocycles. The van der Waals surface area contributed by atoms with Crippen LogP contribution < -0.4 is 0 Å². The Balaban J connectivity index is 0.844. The highest BCUT2D eigenvalue weighted by molar-refractivity contribution is 5.87. The fourth-order valence-corrected chi connectivity index (χ4v) is 14.4. The van der Waals surface area contributed by atoms with E-state index in [2.05, 4.69) is 27.7 Å². The lowest BCUT2D eigenvalue weighted by Crippen LogP contribution is -2.67. The maximum atomic E-state index is 14.6. The molecule has 4 aliphatic carbocycles. The lowest BCUT2D eigenvalue weighted by molar-refractivity contribution is -0.390. The Labute approximate surface area is 373 Å². The van der Waals surface area contributed by atoms with Crippen LogP contribution in [0.15, 0.2) is 0 Å². The number of hydrogen-bond donors (Lipinski definition) is 10. The predicted molar refractivity (Wildman–Crippen MR) is 216 cm³/mol. The van der Waals surface area contributed by atoms with Gasteiger partial charge in [-0.1, -0.05) is 27.7 Å². The van der Waals surface area contributed by atoms with Gasteiger partial charge in [-0.05, 0) is 80.0 Å². The largest absolute Gasteiger partial charge is 0.394 e. The van der Waals surface area contributed by atoms with Crippen LogP contribution in [0, 0.1) is 52.3 Å². The van der Waals surface area contributed by atoms with Crippen LogP contribution in [0.1, 0.15) is 85.5 Å². The molecule has 0 aromatic rings. The van der Waals surface area contributed by atoms with E-state index < -0.39 is 123 Å². The average Bonchev–Trinajstić information content (AvgIpc) is 3.73. The molecule has 0 aromatic heterocycles. The summed E-state index contributed by atoms with van der Waals surface area (Å²) in [7, 11) is 0. The summed E-state index contributed by atoms with van der Waals surface area (Å²) in [5.41, 5.74) is -0.557. The maximum absolute atomic E-state index is 14.6. The number of carbonyl (C=O) groups excluding carboxylic acids is 1. The van der Waals surface area contributed by atoms with Crippen LogP contribution in [0.2, 0.25) is 0 Å². The number of carbonyl (C=O) groups is 1. The number of rotatable bonds is 9. The molecule has 1 spiro atoms. The van der Waals surface area contributed by atoms with E-state index in [9.17, 15) is 55.9 Å². The van der Waals surface area contributed by atoms with Crippen molar-refractivity contribution >= 4 is 5.78 Å². The molecular formula is C45H72O19. The summed E-state index contributed by atoms with van der Waals surface area (Å²) in [4.78, 5) is 14.6. The Kier molecular flexibility index (Phi) is 13.5. The zero-order valence-electron chi connectivity index (χ0n) is 37.2. The van der Waals surface area contributed by atoms with Gasteiger partial charge in [0.15, 0.2) is 24.7 Å². The lowest BCUT2D eigenvalue weighted by Gasteiger charge is -2.60. The van der Waals surface area contributed by atoms with Crippen molar-refractivity contribution in [3.8, 4) is 0 Å². The fraction of sp³-hybridized carbons (Fsp3) is 0.978. The topological polar surface area (TPSA) is 293 Å². The van der Waals surface area contributed by atoms with Gasteiger partial charge in [-0.3, -0.25) is 4.79 Å². The molecule has 19 heteroatoms. The molecule has 9 rings (SSSR count). The molecule has 9 aliphatic rings. The zero-order valence-corrected chi connectivity index (χ0v) is 37.2. The Hall–Kier alpha value is -1.05. The van der Waals surface area contributed by atoms with Crippen LogP contribution in [-0.4, -0.2) is 193 Å². The molecular weight excluding hydrogens is 844 g/mol. The normalized spacial score (nSPS) is 57.5. The summed E-state index contributed by atoms with van der Waals surface area (Å²) in [6, 6.07) is 0. The van der Waals surface area contributed by atoms with Crippen molar-refractivity contribution in [2.75, 3.05) is 26.4 Å². The lowest BCUT2D eigenvalue weighted by atomic mass is 9.44. The standard InChI is InChI=1S/C45H72O19/c1-18-7-10-45(57-17-18)19(2)30-25(64-45)12-24-22-6-5-20-11-21(8-9-43(20,3)23(22)13-29(49)44(24,30)4)58-40-37(56)35(54)38(28(16-48)61-40)62-42-39(34(53)32(51)27(15-47)60-42)63-41-36(55)33(52)31(50)26(14-46)59-41/h18-28,30-42,46-48,50-56H,5-17H2,1-4H3/t18-,19+,20-,21-,22+,23+,24-,25+,26+,27+,28+,30+,31+,32+,33-,34-,35+,36+,37+,38+,39+,40+,41-,42-,43+,44-,45+/m1/s1. The summed E-state index contributed by atoms with van der Waals surface area (Å²) in [5.74, 6) is 1.65. The smallest absolute Gasteiger partial charge is 0.187 e. The Morgan fingerprint density at radius 3 is 1.92 bits per heavy atom. The molecule has 0 amide bonds. The Morgan fingerprint density at radius 1 is 0.641 bits per heavy atom. The Morgan fingerprint density at radius 2 is 1.25 bits per heavy atom. The van der Waals surface area contributed by atoms with Crippen molar-refractivity contribution in [2.24, 2.45) is 52.3 Å². The van der Waals surface area contributed by atoms with Crippen LogP contribution in [0.4, 0.5) is 0 Å². The van der Waals surface area contributed by atoms with Gasteiger partial charge >= 0.3 is 0 Å². The zero-order chi connectivity index (χ0) is 45.8. The monoisotopic (exact) mass is 916 g/mol. The van der Waals surface area contributed by atoms with Crippen molar-refractivity contribution < 1.29 is 93.8 Å². The quantitative estimate of drug-likeness (QED) is 0.117. The second kappa shape index (κ2) is 18.0. The van der Waals surface area contributed by atoms with Crippen LogP contribution in [-0.2, 0) is 42.7 Å². The van der Waals surface area contributed by atoms with Crippen LogP contribution in [0.25, 0.3) is 0 Å². The van der Waals surface area contributed by atoms with E-state index in [1.165, 1.54) is 0 Å². The molecule has 5 aliphatic heterocycles. The van der Waals surface area contributed by atoms with Gasteiger partial charge in [0.2, 0.25) is 0 Å². The molecule has 27 atom stereocenters. The second-order valence-electron chi connectivity index (χ2n) is 21.4. The van der Waals surface area contributed by atoms with Crippen LogP contribution >= 0.6 is 0 Å².